The number of benzene rings is 1. The van der Waals surface area contributed by atoms with Crippen LogP contribution in [-0.4, -0.2) is 53.9 Å². The Hall–Kier alpha value is -1.97. The van der Waals surface area contributed by atoms with Crippen molar-refractivity contribution in [1.82, 2.24) is 10.2 Å². The predicted octanol–water partition coefficient (Wildman–Crippen LogP) is 2.70. The first-order chi connectivity index (χ1) is 12.6. The van der Waals surface area contributed by atoms with Crippen molar-refractivity contribution in [1.29, 1.82) is 0 Å². The third-order valence-electron chi connectivity index (χ3n) is 3.81. The van der Waals surface area contributed by atoms with Crippen molar-refractivity contribution in [3.05, 3.63) is 29.8 Å². The summed E-state index contributed by atoms with van der Waals surface area (Å²) in [6.45, 7) is 4.63. The molecule has 2 aromatic rings. The lowest BCUT2D eigenvalue weighted by molar-refractivity contribution is -0.115. The van der Waals surface area contributed by atoms with Crippen LogP contribution in [0, 0.1) is 0 Å². The molecular weight excluding hydrogens is 372 g/mol. The second kappa shape index (κ2) is 9.11. The van der Waals surface area contributed by atoms with Crippen LogP contribution in [0.4, 0.5) is 10.8 Å². The number of carbonyl (C=O) groups is 2. The van der Waals surface area contributed by atoms with Crippen LogP contribution in [0.5, 0.6) is 0 Å². The van der Waals surface area contributed by atoms with Gasteiger partial charge in [-0.15, -0.1) is 10.2 Å². The maximum absolute atomic E-state index is 12.0. The molecular formula is C17H20N4O3S2. The highest BCUT2D eigenvalue weighted by molar-refractivity contribution is 8.01. The Labute approximate surface area is 160 Å². The summed E-state index contributed by atoms with van der Waals surface area (Å²) in [4.78, 5) is 25.4. The lowest BCUT2D eigenvalue weighted by atomic mass is 10.1. The van der Waals surface area contributed by atoms with E-state index in [2.05, 4.69) is 20.4 Å². The van der Waals surface area contributed by atoms with E-state index in [4.69, 9.17) is 4.74 Å². The van der Waals surface area contributed by atoms with Gasteiger partial charge in [-0.2, -0.15) is 0 Å². The number of carbonyl (C=O) groups excluding carboxylic acids is 2. The molecule has 2 heterocycles. The normalized spacial score (nSPS) is 14.3. The first kappa shape index (κ1) is 18.8. The van der Waals surface area contributed by atoms with Crippen LogP contribution in [0.15, 0.2) is 28.6 Å². The molecule has 0 spiro atoms. The molecule has 138 valence electrons. The van der Waals surface area contributed by atoms with Crippen LogP contribution in [-0.2, 0) is 9.53 Å². The summed E-state index contributed by atoms with van der Waals surface area (Å²) in [6.07, 6.45) is 0.381. The van der Waals surface area contributed by atoms with Crippen LogP contribution < -0.4 is 10.2 Å². The summed E-state index contributed by atoms with van der Waals surface area (Å²) in [7, 11) is 0. The van der Waals surface area contributed by atoms with Gasteiger partial charge in [-0.3, -0.25) is 9.59 Å². The molecule has 1 aliphatic rings. The number of morpholine rings is 1. The molecule has 0 unspecified atom stereocenters. The molecule has 1 N–H and O–H groups in total. The zero-order valence-electron chi connectivity index (χ0n) is 14.4. The predicted molar refractivity (Wildman–Crippen MR) is 103 cm³/mol. The topological polar surface area (TPSA) is 84.4 Å². The van der Waals surface area contributed by atoms with E-state index < -0.39 is 0 Å². The van der Waals surface area contributed by atoms with Crippen LogP contribution in [0.1, 0.15) is 23.7 Å². The molecule has 1 aromatic carbocycles. The fourth-order valence-electron chi connectivity index (χ4n) is 2.39. The van der Waals surface area contributed by atoms with Crippen molar-refractivity contribution in [3.63, 3.8) is 0 Å². The molecule has 1 amide bonds. The number of anilines is 2. The Morgan fingerprint density at radius 3 is 2.65 bits per heavy atom. The number of Topliss-reactive ketones (excluding diaryl/α,β-unsaturated/α-hetero) is 1. The number of amides is 1. The highest BCUT2D eigenvalue weighted by Gasteiger charge is 2.16. The second-order valence-corrected chi connectivity index (χ2v) is 8.03. The molecule has 0 bridgehead atoms. The van der Waals surface area contributed by atoms with Gasteiger partial charge in [-0.1, -0.05) is 23.1 Å². The second-order valence-electron chi connectivity index (χ2n) is 5.73. The number of nitrogens with zero attached hydrogens (tertiary/aromatic N) is 3. The molecule has 3 rings (SSSR count). The van der Waals surface area contributed by atoms with Gasteiger partial charge in [0.1, 0.15) is 0 Å². The first-order valence-electron chi connectivity index (χ1n) is 8.31. The number of rotatable bonds is 7. The van der Waals surface area contributed by atoms with Gasteiger partial charge < -0.3 is 15.0 Å². The number of hydrogen-bond acceptors (Lipinski definition) is 8. The number of thioether (sulfide) groups is 1. The SMILES string of the molecule is CC(=O)c1ccc(NC(=O)CCSc2nnc(N3CCOCC3)s2)cc1. The van der Waals surface area contributed by atoms with Crippen LogP contribution >= 0.6 is 23.1 Å². The maximum Gasteiger partial charge on any atom is 0.225 e. The summed E-state index contributed by atoms with van der Waals surface area (Å²) in [6, 6.07) is 6.89. The molecule has 0 aliphatic carbocycles. The van der Waals surface area contributed by atoms with Crippen LogP contribution in [0.3, 0.4) is 0 Å². The molecule has 9 heteroatoms. The standard InChI is InChI=1S/C17H20N4O3S2/c1-12(22)13-2-4-14(5-3-13)18-15(23)6-11-25-17-20-19-16(26-17)21-7-9-24-10-8-21/h2-5H,6-11H2,1H3,(H,18,23). The lowest BCUT2D eigenvalue weighted by Gasteiger charge is -2.25. The van der Waals surface area contributed by atoms with Crippen molar-refractivity contribution >= 4 is 45.6 Å². The monoisotopic (exact) mass is 392 g/mol. The summed E-state index contributed by atoms with van der Waals surface area (Å²) in [5, 5.41) is 12.1. The van der Waals surface area contributed by atoms with Crippen molar-refractivity contribution < 1.29 is 14.3 Å². The van der Waals surface area contributed by atoms with E-state index in [-0.39, 0.29) is 11.7 Å². The van der Waals surface area contributed by atoms with Gasteiger partial charge in [-0.05, 0) is 31.2 Å². The molecule has 1 saturated heterocycles. The van der Waals surface area contributed by atoms with E-state index in [1.54, 1.807) is 35.6 Å². The third kappa shape index (κ3) is 5.26. The fourth-order valence-corrected chi connectivity index (χ4v) is 4.29. The van der Waals surface area contributed by atoms with Gasteiger partial charge in [0.25, 0.3) is 0 Å². The highest BCUT2D eigenvalue weighted by Crippen LogP contribution is 2.28. The molecule has 1 aromatic heterocycles. The van der Waals surface area contributed by atoms with Crippen molar-refractivity contribution in [3.8, 4) is 0 Å². The number of ketones is 1. The highest BCUT2D eigenvalue weighted by atomic mass is 32.2. The third-order valence-corrected chi connectivity index (χ3v) is 5.93. The summed E-state index contributed by atoms with van der Waals surface area (Å²) in [5.41, 5.74) is 1.32. The van der Waals surface area contributed by atoms with E-state index in [1.165, 1.54) is 18.7 Å². The van der Waals surface area contributed by atoms with Gasteiger partial charge in [0.15, 0.2) is 10.1 Å². The summed E-state index contributed by atoms with van der Waals surface area (Å²) >= 11 is 3.08. The maximum atomic E-state index is 12.0. The molecule has 0 radical (unpaired) electrons. The Morgan fingerprint density at radius 1 is 1.23 bits per heavy atom. The van der Waals surface area contributed by atoms with Gasteiger partial charge in [0.05, 0.1) is 13.2 Å². The van der Waals surface area contributed by atoms with Gasteiger partial charge in [-0.25, -0.2) is 0 Å². The van der Waals surface area contributed by atoms with E-state index in [1.807, 2.05) is 0 Å². The van der Waals surface area contributed by atoms with Gasteiger partial charge >= 0.3 is 0 Å². The number of hydrogen-bond donors (Lipinski definition) is 1. The molecule has 26 heavy (non-hydrogen) atoms. The molecule has 0 saturated carbocycles. The Balaban J connectivity index is 1.42. The molecule has 1 aliphatic heterocycles. The van der Waals surface area contributed by atoms with Crippen molar-refractivity contribution in [2.24, 2.45) is 0 Å². The Bertz CT molecular complexity index is 758. The van der Waals surface area contributed by atoms with Gasteiger partial charge in [0.2, 0.25) is 11.0 Å². The Morgan fingerprint density at radius 2 is 1.96 bits per heavy atom. The molecule has 1 fully saturated rings. The number of ether oxygens (including phenoxy) is 1. The lowest BCUT2D eigenvalue weighted by Crippen LogP contribution is -2.36. The average molecular weight is 393 g/mol. The minimum atomic E-state index is -0.0639. The molecule has 0 atom stereocenters. The first-order valence-corrected chi connectivity index (χ1v) is 10.1. The zero-order valence-corrected chi connectivity index (χ0v) is 16.1. The van der Waals surface area contributed by atoms with E-state index in [0.29, 0.717) is 23.4 Å². The van der Waals surface area contributed by atoms with E-state index in [0.717, 1.165) is 35.8 Å². The van der Waals surface area contributed by atoms with Crippen molar-refractivity contribution in [2.45, 2.75) is 17.7 Å². The van der Waals surface area contributed by atoms with Crippen molar-refractivity contribution in [2.75, 3.05) is 42.3 Å². The smallest absolute Gasteiger partial charge is 0.225 e. The fraction of sp³-hybridized carbons (Fsp3) is 0.412. The summed E-state index contributed by atoms with van der Waals surface area (Å²) in [5.74, 6) is 0.577. The van der Waals surface area contributed by atoms with Crippen LogP contribution in [0.2, 0.25) is 0 Å². The Kier molecular flexibility index (Phi) is 6.59. The zero-order chi connectivity index (χ0) is 18.4. The minimum Gasteiger partial charge on any atom is -0.378 e. The largest absolute Gasteiger partial charge is 0.378 e. The quantitative estimate of drug-likeness (QED) is 0.573. The number of aromatic nitrogens is 2. The minimum absolute atomic E-state index is 0.00721. The summed E-state index contributed by atoms with van der Waals surface area (Å²) < 4.78 is 6.20. The van der Waals surface area contributed by atoms with Gasteiger partial charge in [0, 0.05) is 36.5 Å². The molecule has 7 nitrogen and oxygen atoms in total. The van der Waals surface area contributed by atoms with E-state index >= 15 is 0 Å². The average Bonchev–Trinajstić information content (AvgIpc) is 3.12. The number of nitrogens with one attached hydrogen (secondary N) is 1. The van der Waals surface area contributed by atoms with E-state index in [9.17, 15) is 9.59 Å². The van der Waals surface area contributed by atoms with Crippen LogP contribution in [0.25, 0.3) is 0 Å².